The molecule has 0 radical (unpaired) electrons. The molecule has 1 aliphatic carbocycles. The molecule has 0 saturated heterocycles. The Morgan fingerprint density at radius 3 is 2.30 bits per heavy atom. The van der Waals surface area contributed by atoms with Crippen molar-refractivity contribution in [2.24, 2.45) is 0 Å². The zero-order valence-corrected chi connectivity index (χ0v) is 18.8. The van der Waals surface area contributed by atoms with Gasteiger partial charge in [0.15, 0.2) is 6.79 Å². The highest BCUT2D eigenvalue weighted by atomic mass is 16.7. The van der Waals surface area contributed by atoms with Crippen LogP contribution in [0.5, 0.6) is 0 Å². The quantitative estimate of drug-likeness (QED) is 0.359. The van der Waals surface area contributed by atoms with Gasteiger partial charge in [-0.15, -0.1) is 0 Å². The Bertz CT molecular complexity index is 983. The van der Waals surface area contributed by atoms with Gasteiger partial charge in [-0.1, -0.05) is 58.0 Å². The van der Waals surface area contributed by atoms with E-state index in [9.17, 15) is 9.90 Å². The number of carboxylic acids is 1. The van der Waals surface area contributed by atoms with Crippen molar-refractivity contribution < 1.29 is 19.4 Å². The predicted molar refractivity (Wildman–Crippen MR) is 120 cm³/mol. The smallest absolute Gasteiger partial charge is 0.371 e. The number of carboxylic acid groups (broad SMARTS) is 1. The van der Waals surface area contributed by atoms with Gasteiger partial charge in [0.1, 0.15) is 0 Å². The Labute approximate surface area is 179 Å². The van der Waals surface area contributed by atoms with Gasteiger partial charge in [0, 0.05) is 7.11 Å². The Kier molecular flexibility index (Phi) is 6.09. The third-order valence-corrected chi connectivity index (χ3v) is 6.24. The maximum atomic E-state index is 11.5. The summed E-state index contributed by atoms with van der Waals surface area (Å²) in [6.07, 6.45) is 3.88. The zero-order chi connectivity index (χ0) is 22.1. The lowest BCUT2D eigenvalue weighted by molar-refractivity contribution is -0.138. The standard InChI is InChI=1S/C26H32O4/c1-17-12-21-22(26(4,5)11-10-25(21,2)3)15-20(17)19-9-7-8-18(13-19)14-23(24(27)28)30-16-29-6/h7-9,12-15H,10-11,16H2,1-6H3,(H,27,28). The summed E-state index contributed by atoms with van der Waals surface area (Å²) in [5.74, 6) is -1.26. The van der Waals surface area contributed by atoms with Crippen LogP contribution in [0.1, 0.15) is 62.8 Å². The first-order chi connectivity index (χ1) is 14.0. The molecule has 160 valence electrons. The highest BCUT2D eigenvalue weighted by molar-refractivity contribution is 5.90. The third kappa shape index (κ3) is 4.44. The molecular formula is C26H32O4. The van der Waals surface area contributed by atoms with Crippen LogP contribution in [0.25, 0.3) is 17.2 Å². The fourth-order valence-corrected chi connectivity index (χ4v) is 4.27. The lowest BCUT2D eigenvalue weighted by Gasteiger charge is -2.42. The van der Waals surface area contributed by atoms with E-state index in [-0.39, 0.29) is 23.4 Å². The van der Waals surface area contributed by atoms with E-state index in [1.807, 2.05) is 18.2 Å². The van der Waals surface area contributed by atoms with Gasteiger partial charge in [-0.25, -0.2) is 4.79 Å². The van der Waals surface area contributed by atoms with Crippen LogP contribution in [0.3, 0.4) is 0 Å². The van der Waals surface area contributed by atoms with Crippen molar-refractivity contribution in [3.63, 3.8) is 0 Å². The molecule has 0 amide bonds. The number of methoxy groups -OCH3 is 1. The Morgan fingerprint density at radius 2 is 1.70 bits per heavy atom. The van der Waals surface area contributed by atoms with Crippen LogP contribution in [0.15, 0.2) is 42.2 Å². The van der Waals surface area contributed by atoms with Crippen molar-refractivity contribution in [3.05, 3.63) is 64.4 Å². The summed E-state index contributed by atoms with van der Waals surface area (Å²) in [7, 11) is 1.46. The van der Waals surface area contributed by atoms with Gasteiger partial charge < -0.3 is 14.6 Å². The molecule has 3 rings (SSSR count). The second-order valence-electron chi connectivity index (χ2n) is 9.47. The highest BCUT2D eigenvalue weighted by Crippen LogP contribution is 2.47. The first-order valence-electron chi connectivity index (χ1n) is 10.4. The summed E-state index contributed by atoms with van der Waals surface area (Å²) < 4.78 is 10.0. The third-order valence-electron chi connectivity index (χ3n) is 6.24. The first kappa shape index (κ1) is 22.1. The average molecular weight is 409 g/mol. The van der Waals surface area contributed by atoms with Crippen molar-refractivity contribution in [2.75, 3.05) is 13.9 Å². The minimum Gasteiger partial charge on any atom is -0.475 e. The molecule has 0 spiro atoms. The fraction of sp³-hybridized carbons (Fsp3) is 0.423. The molecule has 4 heteroatoms. The molecule has 2 aromatic rings. The van der Waals surface area contributed by atoms with Crippen LogP contribution in [-0.2, 0) is 25.1 Å². The van der Waals surface area contributed by atoms with Gasteiger partial charge in [-0.2, -0.15) is 0 Å². The number of carbonyl (C=O) groups is 1. The number of fused-ring (bicyclic) bond motifs is 1. The molecule has 0 saturated carbocycles. The molecule has 1 N–H and O–H groups in total. The van der Waals surface area contributed by atoms with Crippen molar-refractivity contribution in [1.29, 1.82) is 0 Å². The van der Waals surface area contributed by atoms with Crippen LogP contribution < -0.4 is 0 Å². The molecule has 0 heterocycles. The lowest BCUT2D eigenvalue weighted by Crippen LogP contribution is -2.34. The molecule has 2 aromatic carbocycles. The van der Waals surface area contributed by atoms with E-state index < -0.39 is 5.97 Å². The van der Waals surface area contributed by atoms with Crippen molar-refractivity contribution in [2.45, 2.75) is 58.3 Å². The van der Waals surface area contributed by atoms with Crippen LogP contribution >= 0.6 is 0 Å². The maximum Gasteiger partial charge on any atom is 0.371 e. The van der Waals surface area contributed by atoms with Crippen LogP contribution in [0.2, 0.25) is 0 Å². The second kappa shape index (κ2) is 8.27. The first-order valence-corrected chi connectivity index (χ1v) is 10.4. The molecule has 0 fully saturated rings. The average Bonchev–Trinajstić information content (AvgIpc) is 2.68. The SMILES string of the molecule is COCOC(=Cc1cccc(-c2cc3c(cc2C)C(C)(C)CCC3(C)C)c1)C(=O)O. The van der Waals surface area contributed by atoms with Crippen molar-refractivity contribution in [1.82, 2.24) is 0 Å². The fourth-order valence-electron chi connectivity index (χ4n) is 4.27. The number of benzene rings is 2. The summed E-state index contributed by atoms with van der Waals surface area (Å²) in [5.41, 5.74) is 7.42. The molecule has 30 heavy (non-hydrogen) atoms. The molecule has 4 nitrogen and oxygen atoms in total. The van der Waals surface area contributed by atoms with Crippen LogP contribution in [0.4, 0.5) is 0 Å². The van der Waals surface area contributed by atoms with E-state index in [4.69, 9.17) is 9.47 Å². The Balaban J connectivity index is 2.07. The Hall–Kier alpha value is -2.59. The van der Waals surface area contributed by atoms with E-state index in [0.29, 0.717) is 0 Å². The zero-order valence-electron chi connectivity index (χ0n) is 18.8. The van der Waals surface area contributed by atoms with Gasteiger partial charge in [0.25, 0.3) is 0 Å². The summed E-state index contributed by atoms with van der Waals surface area (Å²) in [6.45, 7) is 11.4. The lowest BCUT2D eigenvalue weighted by atomic mass is 9.62. The minimum atomic E-state index is -1.12. The number of ether oxygens (including phenoxy) is 2. The van der Waals surface area contributed by atoms with Crippen molar-refractivity contribution >= 4 is 12.0 Å². The van der Waals surface area contributed by atoms with Crippen molar-refractivity contribution in [3.8, 4) is 11.1 Å². The molecule has 0 unspecified atom stereocenters. The summed E-state index contributed by atoms with van der Waals surface area (Å²) >= 11 is 0. The molecule has 0 bridgehead atoms. The normalized spacial score (nSPS) is 17.3. The van der Waals surface area contributed by atoms with Gasteiger partial charge >= 0.3 is 5.97 Å². The van der Waals surface area contributed by atoms with E-state index in [1.54, 1.807) is 0 Å². The van der Waals surface area contributed by atoms with Crippen LogP contribution in [0, 0.1) is 6.92 Å². The Morgan fingerprint density at radius 1 is 1.07 bits per heavy atom. The summed E-state index contributed by atoms with van der Waals surface area (Å²) in [4.78, 5) is 11.5. The van der Waals surface area contributed by atoms with Crippen LogP contribution in [-0.4, -0.2) is 25.0 Å². The van der Waals surface area contributed by atoms with Gasteiger partial charge in [-0.3, -0.25) is 0 Å². The van der Waals surface area contributed by atoms with E-state index in [0.717, 1.165) is 17.5 Å². The molecule has 1 aliphatic rings. The minimum absolute atomic E-state index is 0.105. The van der Waals surface area contributed by atoms with E-state index in [2.05, 4.69) is 52.8 Å². The monoisotopic (exact) mass is 408 g/mol. The highest BCUT2D eigenvalue weighted by Gasteiger charge is 2.37. The molecule has 0 aromatic heterocycles. The second-order valence-corrected chi connectivity index (χ2v) is 9.47. The number of hydrogen-bond donors (Lipinski definition) is 1. The van der Waals surface area contributed by atoms with Gasteiger partial charge in [0.05, 0.1) is 0 Å². The number of hydrogen-bond acceptors (Lipinski definition) is 3. The number of rotatable bonds is 6. The number of aliphatic carboxylic acids is 1. The maximum absolute atomic E-state index is 11.5. The van der Waals surface area contributed by atoms with E-state index in [1.165, 1.54) is 41.9 Å². The molecular weight excluding hydrogens is 376 g/mol. The predicted octanol–water partition coefficient (Wildman–Crippen LogP) is 6.06. The van der Waals surface area contributed by atoms with E-state index >= 15 is 0 Å². The number of aryl methyl sites for hydroxylation is 1. The summed E-state index contributed by atoms with van der Waals surface area (Å²) in [6, 6.07) is 12.6. The van der Waals surface area contributed by atoms with Gasteiger partial charge in [-0.05, 0) is 76.1 Å². The molecule has 0 atom stereocenters. The molecule has 0 aliphatic heterocycles. The topological polar surface area (TPSA) is 55.8 Å². The van der Waals surface area contributed by atoms with Gasteiger partial charge in [0.2, 0.25) is 5.76 Å². The summed E-state index contributed by atoms with van der Waals surface area (Å²) in [5, 5.41) is 9.38. The largest absolute Gasteiger partial charge is 0.475 e.